The van der Waals surface area contributed by atoms with Crippen molar-refractivity contribution >= 4 is 0 Å². The second kappa shape index (κ2) is 5.49. The van der Waals surface area contributed by atoms with E-state index in [2.05, 4.69) is 40.4 Å². The molecular formula is C16H19N3. The normalized spacial score (nSPS) is 17.4. The molecule has 0 saturated carbocycles. The van der Waals surface area contributed by atoms with Crippen LogP contribution >= 0.6 is 0 Å². The van der Waals surface area contributed by atoms with E-state index in [9.17, 15) is 0 Å². The Balaban J connectivity index is 1.86. The third-order valence-corrected chi connectivity index (χ3v) is 3.76. The molecule has 1 aromatic heterocycles. The summed E-state index contributed by atoms with van der Waals surface area (Å²) in [4.78, 5) is 8.17. The first-order valence-corrected chi connectivity index (χ1v) is 7.00. The Kier molecular flexibility index (Phi) is 3.56. The molecular weight excluding hydrogens is 234 g/mol. The number of rotatable bonds is 4. The largest absolute Gasteiger partial charge is 0.310 e. The van der Waals surface area contributed by atoms with Crippen molar-refractivity contribution in [2.45, 2.75) is 32.2 Å². The minimum absolute atomic E-state index is 0.538. The van der Waals surface area contributed by atoms with Crippen molar-refractivity contribution in [3.8, 4) is 11.1 Å². The monoisotopic (exact) mass is 253 g/mol. The van der Waals surface area contributed by atoms with Crippen LogP contribution in [0.4, 0.5) is 0 Å². The zero-order valence-electron chi connectivity index (χ0n) is 11.3. The summed E-state index contributed by atoms with van der Waals surface area (Å²) in [6, 6.07) is 7.28. The van der Waals surface area contributed by atoms with Gasteiger partial charge in [-0.2, -0.15) is 0 Å². The lowest BCUT2D eigenvalue weighted by molar-refractivity contribution is 0.529. The van der Waals surface area contributed by atoms with Gasteiger partial charge in [0.2, 0.25) is 0 Å². The Bertz CT molecular complexity index is 551. The second-order valence-electron chi connectivity index (χ2n) is 5.09. The minimum atomic E-state index is 0.538. The van der Waals surface area contributed by atoms with Crippen LogP contribution in [-0.4, -0.2) is 16.5 Å². The first-order valence-electron chi connectivity index (χ1n) is 7.00. The quantitative estimate of drug-likeness (QED) is 0.909. The maximum atomic E-state index is 4.09. The van der Waals surface area contributed by atoms with E-state index in [4.69, 9.17) is 0 Å². The first-order chi connectivity index (χ1) is 9.38. The van der Waals surface area contributed by atoms with E-state index in [1.165, 1.54) is 29.5 Å². The van der Waals surface area contributed by atoms with Gasteiger partial charge in [-0.25, -0.2) is 9.97 Å². The molecule has 98 valence electrons. The molecule has 0 aliphatic heterocycles. The molecule has 3 nitrogen and oxygen atoms in total. The average molecular weight is 253 g/mol. The molecule has 1 aromatic carbocycles. The molecule has 1 aliphatic rings. The molecule has 0 spiro atoms. The van der Waals surface area contributed by atoms with Gasteiger partial charge < -0.3 is 5.32 Å². The number of nitrogens with zero attached hydrogens (tertiary/aromatic N) is 2. The Morgan fingerprint density at radius 2 is 2.05 bits per heavy atom. The summed E-state index contributed by atoms with van der Waals surface area (Å²) >= 11 is 0. The van der Waals surface area contributed by atoms with Gasteiger partial charge in [0.25, 0.3) is 0 Å². The molecule has 2 aromatic rings. The van der Waals surface area contributed by atoms with Gasteiger partial charge in [0, 0.05) is 24.0 Å². The number of aromatic nitrogens is 2. The third-order valence-electron chi connectivity index (χ3n) is 3.76. The van der Waals surface area contributed by atoms with E-state index in [0.29, 0.717) is 6.04 Å². The lowest BCUT2D eigenvalue weighted by Gasteiger charge is -2.13. The van der Waals surface area contributed by atoms with Gasteiger partial charge in [0.05, 0.1) is 0 Å². The molecule has 3 rings (SSSR count). The van der Waals surface area contributed by atoms with Gasteiger partial charge in [-0.05, 0) is 42.5 Å². The smallest absolute Gasteiger partial charge is 0.115 e. The maximum Gasteiger partial charge on any atom is 0.115 e. The van der Waals surface area contributed by atoms with Crippen LogP contribution in [0.1, 0.15) is 36.9 Å². The SMILES string of the molecule is CCCNC1CCc2cc(-c3cncnc3)ccc21. The summed E-state index contributed by atoms with van der Waals surface area (Å²) in [5.74, 6) is 0. The van der Waals surface area contributed by atoms with E-state index in [-0.39, 0.29) is 0 Å². The Morgan fingerprint density at radius 3 is 2.84 bits per heavy atom. The Labute approximate surface area is 114 Å². The van der Waals surface area contributed by atoms with Crippen molar-refractivity contribution in [1.29, 1.82) is 0 Å². The summed E-state index contributed by atoms with van der Waals surface area (Å²) in [6.07, 6.45) is 8.88. The Morgan fingerprint density at radius 1 is 1.21 bits per heavy atom. The fourth-order valence-corrected chi connectivity index (χ4v) is 2.78. The van der Waals surface area contributed by atoms with Crippen molar-refractivity contribution < 1.29 is 0 Å². The van der Waals surface area contributed by atoms with Gasteiger partial charge in [-0.15, -0.1) is 0 Å². The number of aryl methyl sites for hydroxylation is 1. The van der Waals surface area contributed by atoms with Crippen LogP contribution in [0, 0.1) is 0 Å². The van der Waals surface area contributed by atoms with E-state index < -0.39 is 0 Å². The van der Waals surface area contributed by atoms with E-state index >= 15 is 0 Å². The number of benzene rings is 1. The predicted molar refractivity (Wildman–Crippen MR) is 76.8 cm³/mol. The summed E-state index contributed by atoms with van der Waals surface area (Å²) in [5.41, 5.74) is 5.25. The third kappa shape index (κ3) is 2.51. The molecule has 1 N–H and O–H groups in total. The summed E-state index contributed by atoms with van der Waals surface area (Å²) in [6.45, 7) is 3.31. The molecule has 1 unspecified atom stereocenters. The summed E-state index contributed by atoms with van der Waals surface area (Å²) in [5, 5.41) is 3.62. The molecule has 0 radical (unpaired) electrons. The number of hydrogen-bond donors (Lipinski definition) is 1. The fourth-order valence-electron chi connectivity index (χ4n) is 2.78. The molecule has 0 amide bonds. The molecule has 19 heavy (non-hydrogen) atoms. The van der Waals surface area contributed by atoms with Crippen LogP contribution in [0.25, 0.3) is 11.1 Å². The van der Waals surface area contributed by atoms with Gasteiger partial charge in [-0.1, -0.05) is 25.1 Å². The fraction of sp³-hybridized carbons (Fsp3) is 0.375. The standard InChI is InChI=1S/C16H19N3/c1-2-7-19-16-6-4-13-8-12(3-5-15(13)16)14-9-17-11-18-10-14/h3,5,8-11,16,19H,2,4,6-7H2,1H3. The highest BCUT2D eigenvalue weighted by Crippen LogP contribution is 2.33. The second-order valence-corrected chi connectivity index (χ2v) is 5.09. The molecule has 3 heteroatoms. The van der Waals surface area contributed by atoms with Gasteiger partial charge >= 0.3 is 0 Å². The molecule has 1 heterocycles. The zero-order valence-corrected chi connectivity index (χ0v) is 11.3. The van der Waals surface area contributed by atoms with E-state index in [1.54, 1.807) is 6.33 Å². The van der Waals surface area contributed by atoms with Crippen LogP contribution in [0.15, 0.2) is 36.9 Å². The van der Waals surface area contributed by atoms with Gasteiger partial charge in [0.1, 0.15) is 6.33 Å². The van der Waals surface area contributed by atoms with Crippen molar-refractivity contribution in [2.24, 2.45) is 0 Å². The lowest BCUT2D eigenvalue weighted by atomic mass is 10.0. The van der Waals surface area contributed by atoms with Crippen molar-refractivity contribution in [3.05, 3.63) is 48.0 Å². The summed E-state index contributed by atoms with van der Waals surface area (Å²) in [7, 11) is 0. The van der Waals surface area contributed by atoms with Crippen molar-refractivity contribution in [3.63, 3.8) is 0 Å². The highest BCUT2D eigenvalue weighted by Gasteiger charge is 2.21. The number of nitrogens with one attached hydrogen (secondary N) is 1. The summed E-state index contributed by atoms with van der Waals surface area (Å²) < 4.78 is 0. The Hall–Kier alpha value is -1.74. The topological polar surface area (TPSA) is 37.8 Å². The minimum Gasteiger partial charge on any atom is -0.310 e. The predicted octanol–water partition coefficient (Wildman–Crippen LogP) is 3.13. The molecule has 1 aliphatic carbocycles. The highest BCUT2D eigenvalue weighted by molar-refractivity contribution is 5.63. The van der Waals surface area contributed by atoms with E-state index in [0.717, 1.165) is 18.5 Å². The zero-order chi connectivity index (χ0) is 13.1. The molecule has 1 atom stereocenters. The van der Waals surface area contributed by atoms with Crippen molar-refractivity contribution in [1.82, 2.24) is 15.3 Å². The van der Waals surface area contributed by atoms with Gasteiger partial charge in [0.15, 0.2) is 0 Å². The van der Waals surface area contributed by atoms with Crippen LogP contribution in [0.2, 0.25) is 0 Å². The van der Waals surface area contributed by atoms with Crippen LogP contribution < -0.4 is 5.32 Å². The lowest BCUT2D eigenvalue weighted by Crippen LogP contribution is -2.19. The van der Waals surface area contributed by atoms with Crippen LogP contribution in [-0.2, 0) is 6.42 Å². The molecule has 0 saturated heterocycles. The van der Waals surface area contributed by atoms with Crippen molar-refractivity contribution in [2.75, 3.05) is 6.54 Å². The molecule has 0 bridgehead atoms. The van der Waals surface area contributed by atoms with Crippen LogP contribution in [0.3, 0.4) is 0 Å². The van der Waals surface area contributed by atoms with Crippen LogP contribution in [0.5, 0.6) is 0 Å². The highest BCUT2D eigenvalue weighted by atomic mass is 14.9. The number of hydrogen-bond acceptors (Lipinski definition) is 3. The first kappa shape index (κ1) is 12.3. The molecule has 0 fully saturated rings. The van der Waals surface area contributed by atoms with Gasteiger partial charge in [-0.3, -0.25) is 0 Å². The maximum absolute atomic E-state index is 4.09. The number of fused-ring (bicyclic) bond motifs is 1. The average Bonchev–Trinajstić information content (AvgIpc) is 2.88. The van der Waals surface area contributed by atoms with E-state index in [1.807, 2.05) is 12.4 Å².